The molecule has 0 saturated carbocycles. The molecule has 2 unspecified atom stereocenters. The molecule has 9 nitrogen and oxygen atoms in total. The van der Waals surface area contributed by atoms with Crippen LogP contribution in [-0.2, 0) is 22.6 Å². The first kappa shape index (κ1) is 28.3. The van der Waals surface area contributed by atoms with Gasteiger partial charge in [0.2, 0.25) is 5.95 Å². The lowest BCUT2D eigenvalue weighted by molar-refractivity contribution is 0.00546. The van der Waals surface area contributed by atoms with E-state index in [4.69, 9.17) is 42.6 Å². The Morgan fingerprint density at radius 1 is 1.00 bits per heavy atom. The first-order chi connectivity index (χ1) is 19.6. The molecule has 5 rings (SSSR count). The van der Waals surface area contributed by atoms with Gasteiger partial charge in [0.15, 0.2) is 0 Å². The molecule has 0 bridgehead atoms. The van der Waals surface area contributed by atoms with Crippen LogP contribution in [0.2, 0.25) is 10.0 Å². The normalized spacial score (nSPS) is 15.5. The van der Waals surface area contributed by atoms with E-state index in [9.17, 15) is 0 Å². The average molecular weight is 583 g/mol. The molecule has 3 heterocycles. The van der Waals surface area contributed by atoms with E-state index < -0.39 is 0 Å². The Morgan fingerprint density at radius 2 is 1.82 bits per heavy atom. The second-order valence-corrected chi connectivity index (χ2v) is 10.5. The minimum Gasteiger partial charge on any atom is -0.381 e. The van der Waals surface area contributed by atoms with E-state index >= 15 is 0 Å². The molecule has 3 N–H and O–H groups in total. The van der Waals surface area contributed by atoms with Gasteiger partial charge in [-0.05, 0) is 54.2 Å². The molecule has 0 amide bonds. The van der Waals surface area contributed by atoms with E-state index in [1.54, 1.807) is 19.6 Å². The molecule has 2 atom stereocenters. The maximum Gasteiger partial charge on any atom is 0.226 e. The highest BCUT2D eigenvalue weighted by Crippen LogP contribution is 2.26. The third-order valence-electron chi connectivity index (χ3n) is 6.91. The van der Waals surface area contributed by atoms with E-state index in [1.807, 2.05) is 65.4 Å². The average Bonchev–Trinajstić information content (AvgIpc) is 3.53. The fourth-order valence-corrected chi connectivity index (χ4v) is 5.15. The summed E-state index contributed by atoms with van der Waals surface area (Å²) in [6.07, 6.45) is 6.84. The standard InChI is InChI=1S/C29H33Cl2N7O2/c1-39-28(33-17-20-5-7-23(30)8-6-20)27(22-9-13-40-14-10-22)35-25-16-26(38-12-11-32-19-38)37-29(36-25)34-18-21-3-2-4-24(31)15-21/h2-8,11-12,15-16,19,22,27-28,33H,9-10,13-14,17-18H2,1H3,(H2,34,35,36,37). The molecule has 0 aliphatic carbocycles. The quantitative estimate of drug-likeness (QED) is 0.187. The highest BCUT2D eigenvalue weighted by molar-refractivity contribution is 6.30. The van der Waals surface area contributed by atoms with Gasteiger partial charge in [0.05, 0.1) is 6.04 Å². The van der Waals surface area contributed by atoms with Gasteiger partial charge in [-0.25, -0.2) is 4.98 Å². The summed E-state index contributed by atoms with van der Waals surface area (Å²) in [6.45, 7) is 2.59. The largest absolute Gasteiger partial charge is 0.381 e. The Labute approximate surface area is 244 Å². The lowest BCUT2D eigenvalue weighted by Gasteiger charge is -2.36. The fourth-order valence-electron chi connectivity index (χ4n) is 4.81. The Morgan fingerprint density at radius 3 is 2.55 bits per heavy atom. The summed E-state index contributed by atoms with van der Waals surface area (Å²) in [7, 11) is 1.72. The molecule has 1 aliphatic heterocycles. The van der Waals surface area contributed by atoms with Crippen LogP contribution in [0.1, 0.15) is 24.0 Å². The van der Waals surface area contributed by atoms with Gasteiger partial charge in [0.25, 0.3) is 0 Å². The third kappa shape index (κ3) is 7.71. The summed E-state index contributed by atoms with van der Waals surface area (Å²) in [5, 5.41) is 12.0. The molecule has 0 spiro atoms. The molecule has 40 heavy (non-hydrogen) atoms. The number of anilines is 2. The summed E-state index contributed by atoms with van der Waals surface area (Å²) in [5.41, 5.74) is 2.15. The van der Waals surface area contributed by atoms with Crippen molar-refractivity contribution in [2.24, 2.45) is 5.92 Å². The van der Waals surface area contributed by atoms with Gasteiger partial charge < -0.3 is 20.1 Å². The van der Waals surface area contributed by atoms with E-state index in [2.05, 4.69) is 20.9 Å². The number of methoxy groups -OCH3 is 1. The second kappa shape index (κ2) is 13.9. The van der Waals surface area contributed by atoms with Gasteiger partial charge in [0, 0.05) is 61.9 Å². The zero-order valence-corrected chi connectivity index (χ0v) is 23.8. The van der Waals surface area contributed by atoms with Crippen molar-refractivity contribution in [3.05, 3.63) is 94.5 Å². The second-order valence-electron chi connectivity index (χ2n) is 9.67. The Balaban J connectivity index is 1.39. The van der Waals surface area contributed by atoms with Crippen LogP contribution < -0.4 is 16.0 Å². The van der Waals surface area contributed by atoms with E-state index in [0.29, 0.717) is 59.9 Å². The van der Waals surface area contributed by atoms with Crippen molar-refractivity contribution in [2.75, 3.05) is 31.0 Å². The van der Waals surface area contributed by atoms with Gasteiger partial charge in [-0.15, -0.1) is 0 Å². The topological polar surface area (TPSA) is 98.2 Å². The zero-order valence-electron chi connectivity index (χ0n) is 22.3. The van der Waals surface area contributed by atoms with Gasteiger partial charge >= 0.3 is 0 Å². The Bertz CT molecular complexity index is 1350. The number of hydrogen-bond acceptors (Lipinski definition) is 8. The van der Waals surface area contributed by atoms with Crippen LogP contribution >= 0.6 is 23.2 Å². The van der Waals surface area contributed by atoms with Crippen LogP contribution in [-0.4, -0.2) is 52.1 Å². The number of hydrogen-bond donors (Lipinski definition) is 3. The number of halogens is 2. The van der Waals surface area contributed by atoms with Crippen LogP contribution in [0.25, 0.3) is 5.82 Å². The first-order valence-corrected chi connectivity index (χ1v) is 14.0. The number of ether oxygens (including phenoxy) is 2. The molecular weight excluding hydrogens is 549 g/mol. The van der Waals surface area contributed by atoms with Crippen molar-refractivity contribution in [3.63, 3.8) is 0 Å². The molecule has 1 fully saturated rings. The minimum absolute atomic E-state index is 0.0764. The summed E-state index contributed by atoms with van der Waals surface area (Å²) in [4.78, 5) is 13.8. The first-order valence-electron chi connectivity index (χ1n) is 13.3. The van der Waals surface area contributed by atoms with Crippen LogP contribution in [0.4, 0.5) is 11.8 Å². The molecule has 0 radical (unpaired) electrons. The van der Waals surface area contributed by atoms with Crippen molar-refractivity contribution in [1.29, 1.82) is 0 Å². The highest BCUT2D eigenvalue weighted by Gasteiger charge is 2.31. The molecule has 4 aromatic rings. The molecule has 210 valence electrons. The summed E-state index contributed by atoms with van der Waals surface area (Å²) >= 11 is 12.3. The number of nitrogens with zero attached hydrogens (tertiary/aromatic N) is 4. The van der Waals surface area contributed by atoms with Crippen LogP contribution in [0.3, 0.4) is 0 Å². The van der Waals surface area contributed by atoms with Crippen LogP contribution in [0.15, 0.2) is 73.3 Å². The van der Waals surface area contributed by atoms with Crippen LogP contribution in [0, 0.1) is 5.92 Å². The smallest absolute Gasteiger partial charge is 0.226 e. The molecule has 1 aliphatic rings. The van der Waals surface area contributed by atoms with Gasteiger partial charge in [0.1, 0.15) is 24.2 Å². The third-order valence-corrected chi connectivity index (χ3v) is 7.40. The molecular formula is C29H33Cl2N7O2. The summed E-state index contributed by atoms with van der Waals surface area (Å²) in [5.74, 6) is 2.17. The van der Waals surface area contributed by atoms with E-state index in [0.717, 1.165) is 24.0 Å². The van der Waals surface area contributed by atoms with E-state index in [1.165, 1.54) is 0 Å². The van der Waals surface area contributed by atoms with Gasteiger partial charge in [-0.3, -0.25) is 9.88 Å². The fraction of sp³-hybridized carbons (Fsp3) is 0.345. The molecule has 1 saturated heterocycles. The highest BCUT2D eigenvalue weighted by atomic mass is 35.5. The Kier molecular flexibility index (Phi) is 9.85. The van der Waals surface area contributed by atoms with Crippen molar-refractivity contribution in [2.45, 2.75) is 38.2 Å². The lowest BCUT2D eigenvalue weighted by atomic mass is 9.90. The minimum atomic E-state index is -0.284. The summed E-state index contributed by atoms with van der Waals surface area (Å²) < 4.78 is 13.5. The Hall–Kier alpha value is -3.21. The number of aromatic nitrogens is 4. The number of nitrogens with one attached hydrogen (secondary N) is 3. The van der Waals surface area contributed by atoms with Crippen molar-refractivity contribution in [3.8, 4) is 5.82 Å². The van der Waals surface area contributed by atoms with E-state index in [-0.39, 0.29) is 12.3 Å². The molecule has 2 aromatic heterocycles. The maximum atomic E-state index is 6.18. The molecule has 2 aromatic carbocycles. The predicted molar refractivity (Wildman–Crippen MR) is 158 cm³/mol. The molecule has 11 heteroatoms. The number of rotatable bonds is 12. The van der Waals surface area contributed by atoms with Gasteiger partial charge in [-0.2, -0.15) is 9.97 Å². The number of imidazole rings is 1. The zero-order chi connectivity index (χ0) is 27.7. The monoisotopic (exact) mass is 581 g/mol. The number of benzene rings is 2. The predicted octanol–water partition coefficient (Wildman–Crippen LogP) is 5.55. The maximum absolute atomic E-state index is 6.18. The summed E-state index contributed by atoms with van der Waals surface area (Å²) in [6, 6.07) is 17.4. The SMILES string of the molecule is COC(NCc1ccc(Cl)cc1)C(Nc1cc(-n2ccnc2)nc(NCc2cccc(Cl)c2)n1)C1CCOCC1. The van der Waals surface area contributed by atoms with Crippen LogP contribution in [0.5, 0.6) is 0 Å². The van der Waals surface area contributed by atoms with Gasteiger partial charge in [-0.1, -0.05) is 47.5 Å². The lowest BCUT2D eigenvalue weighted by Crippen LogP contribution is -2.50. The van der Waals surface area contributed by atoms with Crippen molar-refractivity contribution < 1.29 is 9.47 Å². The van der Waals surface area contributed by atoms with Crippen molar-refractivity contribution in [1.82, 2.24) is 24.8 Å². The van der Waals surface area contributed by atoms with Crippen molar-refractivity contribution >= 4 is 35.0 Å².